The largest absolute Gasteiger partial charge is 0.420 e. The molecule has 1 amide bonds. The van der Waals surface area contributed by atoms with Gasteiger partial charge in [0.15, 0.2) is 5.58 Å². The van der Waals surface area contributed by atoms with E-state index in [9.17, 15) is 22.4 Å². The van der Waals surface area contributed by atoms with Gasteiger partial charge in [-0.15, -0.1) is 0 Å². The van der Waals surface area contributed by atoms with Crippen LogP contribution in [0.1, 0.15) is 0 Å². The van der Waals surface area contributed by atoms with Crippen molar-refractivity contribution in [2.45, 2.75) is 11.4 Å². The Morgan fingerprint density at radius 3 is 2.48 bits per heavy atom. The van der Waals surface area contributed by atoms with E-state index in [4.69, 9.17) is 4.42 Å². The molecule has 2 heterocycles. The van der Waals surface area contributed by atoms with Gasteiger partial charge in [0.1, 0.15) is 12.4 Å². The molecule has 1 aromatic heterocycles. The maximum atomic E-state index is 13.4. The Morgan fingerprint density at radius 1 is 1.03 bits per heavy atom. The Morgan fingerprint density at radius 2 is 1.76 bits per heavy atom. The molecule has 0 spiro atoms. The summed E-state index contributed by atoms with van der Waals surface area (Å²) in [4.78, 5) is 26.1. The van der Waals surface area contributed by atoms with E-state index in [2.05, 4.69) is 0 Å². The molecule has 0 N–H and O–H groups in total. The maximum absolute atomic E-state index is 13.4. The Kier molecular flexibility index (Phi) is 4.97. The predicted molar refractivity (Wildman–Crippen MR) is 102 cm³/mol. The summed E-state index contributed by atoms with van der Waals surface area (Å²) in [5.74, 6) is -1.55. The first-order chi connectivity index (χ1) is 13.9. The van der Waals surface area contributed by atoms with E-state index in [1.807, 2.05) is 0 Å². The number of para-hydroxylation sites is 2. The summed E-state index contributed by atoms with van der Waals surface area (Å²) in [7, 11) is -3.83. The summed E-state index contributed by atoms with van der Waals surface area (Å²) in [6.45, 7) is 0.347. The molecule has 1 saturated heterocycles. The zero-order valence-corrected chi connectivity index (χ0v) is 16.1. The molecule has 0 atom stereocenters. The van der Waals surface area contributed by atoms with Crippen molar-refractivity contribution in [3.05, 3.63) is 64.9 Å². The number of benzene rings is 2. The van der Waals surface area contributed by atoms with Gasteiger partial charge in [-0.25, -0.2) is 17.6 Å². The molecule has 152 valence electrons. The van der Waals surface area contributed by atoms with Gasteiger partial charge >= 0.3 is 5.76 Å². The van der Waals surface area contributed by atoms with Gasteiger partial charge in [0.25, 0.3) is 0 Å². The smallest absolute Gasteiger partial charge is 0.408 e. The summed E-state index contributed by atoms with van der Waals surface area (Å²) < 4.78 is 46.3. The van der Waals surface area contributed by atoms with Crippen molar-refractivity contribution in [2.75, 3.05) is 26.2 Å². The second kappa shape index (κ2) is 7.45. The molecule has 4 rings (SSSR count). The topological polar surface area (TPSA) is 92.8 Å². The van der Waals surface area contributed by atoms with E-state index in [0.29, 0.717) is 11.1 Å². The van der Waals surface area contributed by atoms with Crippen LogP contribution in [0.5, 0.6) is 0 Å². The SMILES string of the molecule is O=C(Cn1c(=O)oc2ccccc21)N1CCN(S(=O)(=O)c2cccc(F)c2)CC1. The van der Waals surface area contributed by atoms with Crippen LogP contribution in [-0.2, 0) is 21.4 Å². The lowest BCUT2D eigenvalue weighted by Crippen LogP contribution is -2.51. The van der Waals surface area contributed by atoms with Crippen molar-refractivity contribution in [1.29, 1.82) is 0 Å². The number of fused-ring (bicyclic) bond motifs is 1. The third kappa shape index (κ3) is 3.68. The Bertz CT molecular complexity index is 1230. The number of hydrogen-bond acceptors (Lipinski definition) is 5. The van der Waals surface area contributed by atoms with Crippen LogP contribution >= 0.6 is 0 Å². The highest BCUT2D eigenvalue weighted by atomic mass is 32.2. The minimum Gasteiger partial charge on any atom is -0.408 e. The first-order valence-electron chi connectivity index (χ1n) is 8.98. The summed E-state index contributed by atoms with van der Waals surface area (Å²) in [5, 5.41) is 0. The number of aromatic nitrogens is 1. The van der Waals surface area contributed by atoms with E-state index in [1.165, 1.54) is 32.0 Å². The van der Waals surface area contributed by atoms with E-state index in [1.54, 1.807) is 24.3 Å². The van der Waals surface area contributed by atoms with E-state index < -0.39 is 21.6 Å². The van der Waals surface area contributed by atoms with Gasteiger partial charge in [-0.05, 0) is 30.3 Å². The predicted octanol–water partition coefficient (Wildman–Crippen LogP) is 1.27. The van der Waals surface area contributed by atoms with Crippen LogP contribution in [0.3, 0.4) is 0 Å². The van der Waals surface area contributed by atoms with Crippen molar-refractivity contribution >= 4 is 27.0 Å². The molecule has 3 aromatic rings. The van der Waals surface area contributed by atoms with Crippen LogP contribution in [0, 0.1) is 5.82 Å². The number of rotatable bonds is 4. The molecule has 0 bridgehead atoms. The van der Waals surface area contributed by atoms with Gasteiger partial charge in [-0.1, -0.05) is 18.2 Å². The lowest BCUT2D eigenvalue weighted by atomic mass is 10.3. The van der Waals surface area contributed by atoms with Crippen molar-refractivity contribution in [1.82, 2.24) is 13.8 Å². The van der Waals surface area contributed by atoms with Gasteiger partial charge in [-0.2, -0.15) is 4.31 Å². The summed E-state index contributed by atoms with van der Waals surface area (Å²) in [6.07, 6.45) is 0. The minimum absolute atomic E-state index is 0.0889. The van der Waals surface area contributed by atoms with Gasteiger partial charge in [0.05, 0.1) is 10.4 Å². The minimum atomic E-state index is -3.83. The van der Waals surface area contributed by atoms with Gasteiger partial charge in [0.2, 0.25) is 15.9 Å². The third-order valence-electron chi connectivity index (χ3n) is 4.89. The molecule has 1 aliphatic heterocycles. The number of nitrogens with zero attached hydrogens (tertiary/aromatic N) is 3. The highest BCUT2D eigenvalue weighted by Crippen LogP contribution is 2.19. The normalized spacial score (nSPS) is 15.7. The van der Waals surface area contributed by atoms with Crippen LogP contribution in [0.25, 0.3) is 11.1 Å². The molecule has 0 unspecified atom stereocenters. The zero-order chi connectivity index (χ0) is 20.6. The Balaban J connectivity index is 1.45. The number of hydrogen-bond donors (Lipinski definition) is 0. The highest BCUT2D eigenvalue weighted by Gasteiger charge is 2.30. The van der Waals surface area contributed by atoms with Crippen LogP contribution in [0.15, 0.2) is 62.6 Å². The first-order valence-corrected chi connectivity index (χ1v) is 10.4. The van der Waals surface area contributed by atoms with Crippen LogP contribution < -0.4 is 5.76 Å². The van der Waals surface area contributed by atoms with E-state index in [-0.39, 0.29) is 43.5 Å². The van der Waals surface area contributed by atoms with Crippen molar-refractivity contribution < 1.29 is 22.0 Å². The number of carbonyl (C=O) groups excluding carboxylic acids is 1. The van der Waals surface area contributed by atoms with Crippen LogP contribution in [0.2, 0.25) is 0 Å². The monoisotopic (exact) mass is 419 g/mol. The van der Waals surface area contributed by atoms with Crippen molar-refractivity contribution in [3.63, 3.8) is 0 Å². The standard InChI is InChI=1S/C19H18FN3O5S/c20-14-4-3-5-15(12-14)29(26,27)22-10-8-21(9-11-22)18(24)13-23-16-6-1-2-7-17(16)28-19(23)25/h1-7,12H,8-11,13H2. The second-order valence-electron chi connectivity index (χ2n) is 6.66. The molecule has 0 saturated carbocycles. The lowest BCUT2D eigenvalue weighted by Gasteiger charge is -2.34. The van der Waals surface area contributed by atoms with Gasteiger partial charge < -0.3 is 9.32 Å². The zero-order valence-electron chi connectivity index (χ0n) is 15.3. The second-order valence-corrected chi connectivity index (χ2v) is 8.60. The molecule has 29 heavy (non-hydrogen) atoms. The number of halogens is 1. The molecule has 2 aromatic carbocycles. The fraction of sp³-hybridized carbons (Fsp3) is 0.263. The molecule has 10 heteroatoms. The van der Waals surface area contributed by atoms with Crippen LogP contribution in [0.4, 0.5) is 4.39 Å². The third-order valence-corrected chi connectivity index (χ3v) is 6.79. The highest BCUT2D eigenvalue weighted by molar-refractivity contribution is 7.89. The Hall–Kier alpha value is -2.98. The number of piperazine rings is 1. The summed E-state index contributed by atoms with van der Waals surface area (Å²) in [6, 6.07) is 11.6. The molecular formula is C19H18FN3O5S. The number of sulfonamides is 1. The Labute approximate surface area is 165 Å². The average Bonchev–Trinajstić information content (AvgIpc) is 3.03. The van der Waals surface area contributed by atoms with Crippen molar-refractivity contribution in [3.8, 4) is 0 Å². The lowest BCUT2D eigenvalue weighted by molar-refractivity contribution is -0.133. The first kappa shape index (κ1) is 19.3. The number of amides is 1. The van der Waals surface area contributed by atoms with Gasteiger partial charge in [0, 0.05) is 26.2 Å². The summed E-state index contributed by atoms with van der Waals surface area (Å²) in [5.41, 5.74) is 0.925. The maximum Gasteiger partial charge on any atom is 0.420 e. The van der Waals surface area contributed by atoms with Gasteiger partial charge in [-0.3, -0.25) is 9.36 Å². The number of carbonyl (C=O) groups is 1. The fourth-order valence-corrected chi connectivity index (χ4v) is 4.81. The van der Waals surface area contributed by atoms with Crippen LogP contribution in [-0.4, -0.2) is 54.3 Å². The molecule has 1 fully saturated rings. The summed E-state index contributed by atoms with van der Waals surface area (Å²) >= 11 is 0. The molecule has 0 radical (unpaired) electrons. The molecular weight excluding hydrogens is 401 g/mol. The quantitative estimate of drug-likeness (QED) is 0.635. The number of oxazole rings is 1. The van der Waals surface area contributed by atoms with Crippen molar-refractivity contribution in [2.24, 2.45) is 0 Å². The average molecular weight is 419 g/mol. The van der Waals surface area contributed by atoms with E-state index >= 15 is 0 Å². The molecule has 1 aliphatic rings. The molecule has 8 nitrogen and oxygen atoms in total. The van der Waals surface area contributed by atoms with E-state index in [0.717, 1.165) is 6.07 Å². The molecule has 0 aliphatic carbocycles. The fourth-order valence-electron chi connectivity index (χ4n) is 3.35.